The molecule has 0 aliphatic carbocycles. The van der Waals surface area contributed by atoms with Crippen LogP contribution in [0.2, 0.25) is 0 Å². The molecule has 2 N–H and O–H groups in total. The highest BCUT2D eigenvalue weighted by atomic mass is 16.5. The van der Waals surface area contributed by atoms with Crippen LogP contribution < -0.4 is 19.5 Å². The fourth-order valence-corrected chi connectivity index (χ4v) is 2.47. The van der Waals surface area contributed by atoms with Gasteiger partial charge in [0, 0.05) is 12.1 Å². The number of carboxylic acid groups (broad SMARTS) is 1. The van der Waals surface area contributed by atoms with Crippen molar-refractivity contribution in [2.45, 2.75) is 6.42 Å². The lowest BCUT2D eigenvalue weighted by molar-refractivity contribution is 0.0696. The lowest BCUT2D eigenvalue weighted by Crippen LogP contribution is -2.25. The van der Waals surface area contributed by atoms with Crippen molar-refractivity contribution in [2.24, 2.45) is 0 Å². The normalized spacial score (nSPS) is 10.1. The highest BCUT2D eigenvalue weighted by Gasteiger charge is 2.12. The van der Waals surface area contributed by atoms with Crippen molar-refractivity contribution in [2.75, 3.05) is 27.9 Å². The number of carbonyl (C=O) groups is 2. The largest absolute Gasteiger partial charge is 0.496 e. The molecule has 0 spiro atoms. The fourth-order valence-electron chi connectivity index (χ4n) is 2.47. The van der Waals surface area contributed by atoms with Crippen molar-refractivity contribution in [3.63, 3.8) is 0 Å². The Morgan fingerprint density at radius 2 is 1.50 bits per heavy atom. The lowest BCUT2D eigenvalue weighted by Gasteiger charge is -2.11. The van der Waals surface area contributed by atoms with Crippen LogP contribution in [0.1, 0.15) is 26.3 Å². The first-order valence-electron chi connectivity index (χ1n) is 7.90. The second kappa shape index (κ2) is 8.75. The fraction of sp³-hybridized carbons (Fsp3) is 0.263. The SMILES string of the molecule is COc1cc(C(=O)O)ccc1CCNC(=O)c1ccc(OC)c(OC)c1. The van der Waals surface area contributed by atoms with E-state index < -0.39 is 5.97 Å². The molecule has 0 saturated carbocycles. The summed E-state index contributed by atoms with van der Waals surface area (Å²) in [5, 5.41) is 11.8. The van der Waals surface area contributed by atoms with Gasteiger partial charge in [0.2, 0.25) is 0 Å². The van der Waals surface area contributed by atoms with E-state index in [0.717, 1.165) is 5.56 Å². The number of carboxylic acids is 1. The van der Waals surface area contributed by atoms with Gasteiger partial charge in [-0.1, -0.05) is 6.07 Å². The number of carbonyl (C=O) groups excluding carboxylic acids is 1. The average molecular weight is 359 g/mol. The molecule has 7 nitrogen and oxygen atoms in total. The van der Waals surface area contributed by atoms with Gasteiger partial charge in [-0.2, -0.15) is 0 Å². The molecule has 0 heterocycles. The second-order valence-corrected chi connectivity index (χ2v) is 5.41. The van der Waals surface area contributed by atoms with Gasteiger partial charge in [0.1, 0.15) is 5.75 Å². The maximum Gasteiger partial charge on any atom is 0.335 e. The lowest BCUT2D eigenvalue weighted by atomic mass is 10.1. The van der Waals surface area contributed by atoms with Crippen molar-refractivity contribution in [1.82, 2.24) is 5.32 Å². The number of amides is 1. The van der Waals surface area contributed by atoms with Gasteiger partial charge in [-0.25, -0.2) is 4.79 Å². The van der Waals surface area contributed by atoms with Crippen LogP contribution in [0.25, 0.3) is 0 Å². The van der Waals surface area contributed by atoms with Gasteiger partial charge in [0.05, 0.1) is 26.9 Å². The highest BCUT2D eigenvalue weighted by molar-refractivity contribution is 5.94. The minimum atomic E-state index is -1.02. The first kappa shape index (κ1) is 19.1. The maximum absolute atomic E-state index is 12.3. The van der Waals surface area contributed by atoms with Gasteiger partial charge in [-0.3, -0.25) is 4.79 Å². The number of nitrogens with one attached hydrogen (secondary N) is 1. The van der Waals surface area contributed by atoms with E-state index in [1.54, 1.807) is 24.3 Å². The van der Waals surface area contributed by atoms with Crippen molar-refractivity contribution < 1.29 is 28.9 Å². The smallest absolute Gasteiger partial charge is 0.335 e. The van der Waals surface area contributed by atoms with Gasteiger partial charge >= 0.3 is 5.97 Å². The van der Waals surface area contributed by atoms with Crippen molar-refractivity contribution >= 4 is 11.9 Å². The van der Waals surface area contributed by atoms with Crippen LogP contribution >= 0.6 is 0 Å². The van der Waals surface area contributed by atoms with Crippen LogP contribution in [0, 0.1) is 0 Å². The highest BCUT2D eigenvalue weighted by Crippen LogP contribution is 2.27. The zero-order chi connectivity index (χ0) is 19.1. The molecule has 0 fully saturated rings. The summed E-state index contributed by atoms with van der Waals surface area (Å²) in [6.45, 7) is 0.371. The van der Waals surface area contributed by atoms with Crippen LogP contribution in [0.4, 0.5) is 0 Å². The van der Waals surface area contributed by atoms with E-state index in [-0.39, 0.29) is 11.5 Å². The van der Waals surface area contributed by atoms with Gasteiger partial charge in [-0.05, 0) is 42.3 Å². The minimum Gasteiger partial charge on any atom is -0.496 e. The Morgan fingerprint density at radius 1 is 0.885 bits per heavy atom. The summed E-state index contributed by atoms with van der Waals surface area (Å²) in [7, 11) is 4.51. The van der Waals surface area contributed by atoms with Crippen LogP contribution in [-0.2, 0) is 6.42 Å². The molecule has 26 heavy (non-hydrogen) atoms. The van der Waals surface area contributed by atoms with Crippen LogP contribution in [0.3, 0.4) is 0 Å². The van der Waals surface area contributed by atoms with Gasteiger partial charge in [0.25, 0.3) is 5.91 Å². The maximum atomic E-state index is 12.3. The Balaban J connectivity index is 2.01. The minimum absolute atomic E-state index is 0.153. The monoisotopic (exact) mass is 359 g/mol. The predicted molar refractivity (Wildman–Crippen MR) is 95.5 cm³/mol. The summed E-state index contributed by atoms with van der Waals surface area (Å²) in [4.78, 5) is 23.3. The van der Waals surface area contributed by atoms with Crippen LogP contribution in [-0.4, -0.2) is 44.9 Å². The first-order valence-corrected chi connectivity index (χ1v) is 7.90. The summed E-state index contributed by atoms with van der Waals surface area (Å²) in [6.07, 6.45) is 0.502. The van der Waals surface area contributed by atoms with Gasteiger partial charge in [0.15, 0.2) is 11.5 Å². The van der Waals surface area contributed by atoms with Crippen molar-refractivity contribution in [3.05, 3.63) is 53.1 Å². The molecule has 2 aromatic carbocycles. The molecule has 1 amide bonds. The molecule has 0 aliphatic rings. The third-order valence-corrected chi connectivity index (χ3v) is 3.86. The number of benzene rings is 2. The number of rotatable bonds is 8. The predicted octanol–water partition coefficient (Wildman–Crippen LogP) is 2.38. The third kappa shape index (κ3) is 4.44. The molecule has 0 radical (unpaired) electrons. The Bertz CT molecular complexity index is 803. The van der Waals surface area contributed by atoms with E-state index in [4.69, 9.17) is 19.3 Å². The van der Waals surface area contributed by atoms with E-state index in [1.165, 1.54) is 33.5 Å². The van der Waals surface area contributed by atoms with E-state index in [9.17, 15) is 9.59 Å². The number of methoxy groups -OCH3 is 3. The van der Waals surface area contributed by atoms with Crippen LogP contribution in [0.15, 0.2) is 36.4 Å². The molecule has 2 rings (SSSR count). The Morgan fingerprint density at radius 3 is 2.12 bits per heavy atom. The van der Waals surface area contributed by atoms with E-state index in [1.807, 2.05) is 0 Å². The molecule has 0 aliphatic heterocycles. The van der Waals surface area contributed by atoms with Crippen molar-refractivity contribution in [1.29, 1.82) is 0 Å². The van der Waals surface area contributed by atoms with E-state index in [0.29, 0.717) is 35.8 Å². The van der Waals surface area contributed by atoms with E-state index >= 15 is 0 Å². The Hall–Kier alpha value is -3.22. The van der Waals surface area contributed by atoms with Gasteiger partial charge < -0.3 is 24.6 Å². The number of ether oxygens (including phenoxy) is 3. The topological polar surface area (TPSA) is 94.1 Å². The molecule has 0 unspecified atom stereocenters. The quantitative estimate of drug-likeness (QED) is 0.752. The van der Waals surface area contributed by atoms with Crippen molar-refractivity contribution in [3.8, 4) is 17.2 Å². The van der Waals surface area contributed by atoms with Crippen LogP contribution in [0.5, 0.6) is 17.2 Å². The zero-order valence-corrected chi connectivity index (χ0v) is 14.9. The molecule has 0 atom stereocenters. The average Bonchev–Trinajstić information content (AvgIpc) is 2.67. The molecule has 138 valence electrons. The number of hydrogen-bond acceptors (Lipinski definition) is 5. The Labute approximate surface area is 151 Å². The molecular weight excluding hydrogens is 338 g/mol. The number of aromatic carboxylic acids is 1. The molecule has 0 bridgehead atoms. The standard InChI is InChI=1S/C19H21NO6/c1-24-15-7-6-13(10-17(15)26-3)18(21)20-9-8-12-4-5-14(19(22)23)11-16(12)25-2/h4-7,10-11H,8-9H2,1-3H3,(H,20,21)(H,22,23). The molecule has 2 aromatic rings. The molecular formula is C19H21NO6. The van der Waals surface area contributed by atoms with Gasteiger partial charge in [-0.15, -0.1) is 0 Å². The second-order valence-electron chi connectivity index (χ2n) is 5.41. The zero-order valence-electron chi connectivity index (χ0n) is 14.9. The molecule has 7 heteroatoms. The number of hydrogen-bond donors (Lipinski definition) is 2. The summed E-state index contributed by atoms with van der Waals surface area (Å²) < 4.78 is 15.6. The summed E-state index contributed by atoms with van der Waals surface area (Å²) in [5.74, 6) is 0.243. The summed E-state index contributed by atoms with van der Waals surface area (Å²) in [5.41, 5.74) is 1.42. The third-order valence-electron chi connectivity index (χ3n) is 3.86. The summed E-state index contributed by atoms with van der Waals surface area (Å²) in [6, 6.07) is 9.59. The molecule has 0 saturated heterocycles. The summed E-state index contributed by atoms with van der Waals surface area (Å²) >= 11 is 0. The van der Waals surface area contributed by atoms with E-state index in [2.05, 4.69) is 5.32 Å². The first-order chi connectivity index (χ1) is 12.5. The molecule has 0 aromatic heterocycles. The Kier molecular flexibility index (Phi) is 6.43.